The molecule has 9 atom stereocenters. The van der Waals surface area contributed by atoms with E-state index >= 15 is 0 Å². The normalized spacial score (nSPS) is 19.0. The van der Waals surface area contributed by atoms with E-state index in [1.165, 1.54) is 0 Å². The van der Waals surface area contributed by atoms with Crippen LogP contribution in [-0.4, -0.2) is 349 Å². The number of aromatic hydroxyl groups is 1. The number of phenols is 1. The molecule has 11 amide bonds. The van der Waals surface area contributed by atoms with Crippen molar-refractivity contribution in [1.82, 2.24) is 58.5 Å². The molecule has 0 bridgehead atoms. The molecular weight excluding hydrogens is 1890 g/mol. The molecule has 2 aromatic carbocycles. The molecule has 0 saturated carbocycles. The number of nitrogens with one attached hydrogen (secondary N) is 11. The first kappa shape index (κ1) is 120. The van der Waals surface area contributed by atoms with E-state index in [9.17, 15) is 92.7 Å². The molecule has 0 radical (unpaired) electrons. The van der Waals surface area contributed by atoms with Gasteiger partial charge in [-0.3, -0.25) is 24.0 Å². The molecule has 7 fully saturated rings. The third-order valence-electron chi connectivity index (χ3n) is 19.9. The lowest BCUT2D eigenvalue weighted by molar-refractivity contribution is -0.174. The van der Waals surface area contributed by atoms with Crippen LogP contribution in [0.25, 0.3) is 0 Å². The summed E-state index contributed by atoms with van der Waals surface area (Å²) in [6, 6.07) is 1.19. The fourth-order valence-corrected chi connectivity index (χ4v) is 17.8. The maximum Gasteiger partial charge on any atom is 0.339 e. The average molecular weight is 2020 g/mol. The number of benzene rings is 2. The van der Waals surface area contributed by atoms with Crippen LogP contribution in [0.2, 0.25) is 0 Å². The molecule has 15 N–H and O–H groups in total. The second kappa shape index (κ2) is 72.7. The minimum absolute atomic E-state index is 0. The lowest BCUT2D eigenvalue weighted by Crippen LogP contribution is -2.36. The van der Waals surface area contributed by atoms with Crippen molar-refractivity contribution in [2.24, 2.45) is 5.73 Å². The second-order valence-corrected chi connectivity index (χ2v) is 34.4. The van der Waals surface area contributed by atoms with E-state index in [0.717, 1.165) is 94.3 Å². The van der Waals surface area contributed by atoms with Crippen LogP contribution in [0.15, 0.2) is 12.1 Å². The Morgan fingerprint density at radius 3 is 0.956 bits per heavy atom. The molecule has 7 aliphatic heterocycles. The molecule has 9 unspecified atom stereocenters. The van der Waals surface area contributed by atoms with Gasteiger partial charge in [-0.15, -0.1) is 0 Å². The monoisotopic (exact) mass is 2020 g/mol. The number of hydrogen-bond acceptors (Lipinski definition) is 31. The lowest BCUT2D eigenvalue weighted by Gasteiger charge is -2.16. The lowest BCUT2D eigenvalue weighted by atomic mass is 10.0. The largest absolute Gasteiger partial charge is 0.503 e. The number of carbonyl (C=O) groups is 12. The van der Waals surface area contributed by atoms with E-state index in [1.54, 1.807) is 0 Å². The fraction of sp³-hybridized carbons (Fsp3) is 0.718. The molecule has 40 nitrogen and oxygen atoms in total. The number of phenolic OH excluding ortho intramolecular Hbond substituents is 1. The van der Waals surface area contributed by atoms with Crippen LogP contribution in [0.1, 0.15) is 123 Å². The number of fused-ring (bicyclic) bond motifs is 3. The summed E-state index contributed by atoms with van der Waals surface area (Å²) in [6.45, 7) is 9.38. The number of amides is 11. The van der Waals surface area contributed by atoms with Crippen LogP contribution >= 0.6 is 35.3 Å². The number of aliphatic carboxylic acids is 1. The standard InChI is InChI=1S/C30H42F4N4O9S.C24H42N4O9S.C20H38N4O5S.C6H2F4O.C4H4O4.CH4/c31-19-15-20(32)27(34)29(26(19)33)47-25(41)17-46-16-24(40)36-8-4-10-44-12-14-45-13-11-43-9-3-7-35-23(39)6-2-1-5-22-28-21(18-48-22)37-30(42)38-28;29-20(6-2-1-5-19-23-18(17-38-19)27-24(33)28-23)25-7-3-9-34-11-13-36-14-12-35-10-4-8-26-21(30)15-37-16-22(31)32;21-7-3-9-27-11-13-29-14-12-28-10-4-8-22-18(25)6-2-1-5-17-19-16(15-30-17)23-20(26)24-19;7-2-1-3(8)5(10)6(11)4(2)9;5-3-1-7-2-4(6)8-3;/h15,21-22,28H,1-14,16-18H2,(H,35,39)(H,36,40)(H2,37,38,42);18-19,23H,1-17H2,(H,25,29)(H,26,30)(H,31,32)(H2,27,28,33);16-17,19H,1-15,21H2,(H,22,25)(H2,23,24,26);1,11H;1-2H2;1H4. The summed E-state index contributed by atoms with van der Waals surface area (Å²) in [4.78, 5) is 135. The first-order valence-electron chi connectivity index (χ1n) is 44.7. The number of hydrogen-bond donors (Lipinski definition) is 14. The van der Waals surface area contributed by atoms with E-state index in [0.29, 0.717) is 206 Å². The molecule has 7 aliphatic rings. The number of carbonyl (C=O) groups excluding carboxylic acids is 11. The summed E-state index contributed by atoms with van der Waals surface area (Å²) < 4.78 is 173. The number of nitrogens with two attached hydrogens (primary N) is 1. The van der Waals surface area contributed by atoms with Gasteiger partial charge in [0, 0.05) is 137 Å². The Bertz CT molecular complexity index is 3840. The molecule has 51 heteroatoms. The van der Waals surface area contributed by atoms with Gasteiger partial charge in [-0.05, 0) is 83.6 Å². The van der Waals surface area contributed by atoms with Crippen LogP contribution in [0.4, 0.5) is 49.5 Å². The van der Waals surface area contributed by atoms with Crippen LogP contribution in [-0.2, 0) is 105 Å². The summed E-state index contributed by atoms with van der Waals surface area (Å²) >= 11 is 5.69. The van der Waals surface area contributed by atoms with Crippen LogP contribution in [0.5, 0.6) is 11.5 Å². The van der Waals surface area contributed by atoms with Crippen LogP contribution < -0.4 is 69.0 Å². The van der Waals surface area contributed by atoms with Gasteiger partial charge >= 0.3 is 42.0 Å². The first-order valence-corrected chi connectivity index (χ1v) is 47.8. The Kier molecular flexibility index (Phi) is 64.0. The van der Waals surface area contributed by atoms with E-state index in [2.05, 4.69) is 77.4 Å². The highest BCUT2D eigenvalue weighted by molar-refractivity contribution is 8.00. The maximum atomic E-state index is 13.5. The van der Waals surface area contributed by atoms with E-state index in [-0.39, 0.29) is 124 Å². The van der Waals surface area contributed by atoms with Gasteiger partial charge in [-0.25, -0.2) is 51.1 Å². The molecule has 7 heterocycles. The van der Waals surface area contributed by atoms with Gasteiger partial charge in [-0.2, -0.15) is 52.8 Å². The van der Waals surface area contributed by atoms with Gasteiger partial charge in [0.25, 0.3) is 0 Å². The Balaban J connectivity index is 0.000000392. The zero-order valence-corrected chi connectivity index (χ0v) is 77.7. The Labute approximate surface area is 796 Å². The molecule has 0 aromatic heterocycles. The number of halogens is 8. The van der Waals surface area contributed by atoms with Crippen molar-refractivity contribution in [3.05, 3.63) is 58.7 Å². The molecule has 0 aliphatic carbocycles. The maximum absolute atomic E-state index is 13.5. The third kappa shape index (κ3) is 52.5. The van der Waals surface area contributed by atoms with Crippen molar-refractivity contribution in [3.63, 3.8) is 0 Å². The number of unbranched alkanes of at least 4 members (excludes halogenated alkanes) is 3. The quantitative estimate of drug-likeness (QED) is 0.00842. The van der Waals surface area contributed by atoms with Crippen molar-refractivity contribution in [2.45, 2.75) is 175 Å². The van der Waals surface area contributed by atoms with Crippen molar-refractivity contribution < 1.29 is 169 Å². The van der Waals surface area contributed by atoms with Gasteiger partial charge in [0.2, 0.25) is 58.6 Å². The van der Waals surface area contributed by atoms with Crippen molar-refractivity contribution in [3.8, 4) is 11.5 Å². The molecule has 774 valence electrons. The summed E-state index contributed by atoms with van der Waals surface area (Å²) in [5, 5.41) is 49.7. The number of carboxylic acid groups (broad SMARTS) is 1. The van der Waals surface area contributed by atoms with Gasteiger partial charge in [0.05, 0.1) is 116 Å². The third-order valence-corrected chi connectivity index (χ3v) is 24.4. The highest BCUT2D eigenvalue weighted by Gasteiger charge is 2.45. The topological polar surface area (TPSA) is 533 Å². The number of urea groups is 3. The van der Waals surface area contributed by atoms with Crippen molar-refractivity contribution in [1.29, 1.82) is 0 Å². The minimum atomic E-state index is -1.87. The highest BCUT2D eigenvalue weighted by atomic mass is 32.2. The molecule has 2 aromatic rings. The summed E-state index contributed by atoms with van der Waals surface area (Å²) in [6.07, 6.45) is 14.3. The molecule has 0 spiro atoms. The second-order valence-electron chi connectivity index (χ2n) is 30.6. The van der Waals surface area contributed by atoms with Crippen molar-refractivity contribution >= 4 is 107 Å². The average Bonchev–Trinajstić information content (AvgIpc) is 1.64. The van der Waals surface area contributed by atoms with Crippen molar-refractivity contribution in [2.75, 3.05) is 215 Å². The fourth-order valence-electron chi connectivity index (χ4n) is 13.2. The number of carboxylic acids is 1. The number of cyclic esters (lactones) is 2. The van der Waals surface area contributed by atoms with Crippen LogP contribution in [0.3, 0.4) is 0 Å². The number of thioether (sulfide) groups is 3. The molecule has 7 saturated heterocycles. The summed E-state index contributed by atoms with van der Waals surface area (Å²) in [5.41, 5.74) is 5.38. The zero-order valence-electron chi connectivity index (χ0n) is 75.2. The highest BCUT2D eigenvalue weighted by Crippen LogP contribution is 2.36. The summed E-state index contributed by atoms with van der Waals surface area (Å²) in [5.74, 6) is -18.8. The first-order chi connectivity index (χ1) is 65.1. The predicted molar refractivity (Wildman–Crippen MR) is 479 cm³/mol. The van der Waals surface area contributed by atoms with Gasteiger partial charge < -0.3 is 141 Å². The molecule has 136 heavy (non-hydrogen) atoms. The smallest absolute Gasteiger partial charge is 0.339 e. The van der Waals surface area contributed by atoms with E-state index in [4.69, 9.17) is 63.3 Å². The minimum Gasteiger partial charge on any atom is -0.503 e. The van der Waals surface area contributed by atoms with Crippen LogP contribution in [0, 0.1) is 46.5 Å². The van der Waals surface area contributed by atoms with Gasteiger partial charge in [0.15, 0.2) is 29.0 Å². The predicted octanol–water partition coefficient (Wildman–Crippen LogP) is 4.12. The Morgan fingerprint density at radius 1 is 0.375 bits per heavy atom. The molecule has 9 rings (SSSR count). The number of ether oxygens (including phenoxy) is 14. The van der Waals surface area contributed by atoms with E-state index in [1.807, 2.05) is 35.3 Å². The SMILES string of the molecule is C.NCCCOCCOCCOCCCNC(=O)CCCCC1SCC2NC(=O)NC21.O=C(CCCCC1SCC2NC(=O)NC21)NCCCOCCOCCOCCCNC(=O)COCC(=O)Oc1c(F)c(F)cc(F)c1F.O=C(O)COCC(=O)NCCCOCCOCCOCCCNC(=O)CCCCC1SCC2NC(=O)NC21.O=C1COCC(=O)O1.Oc1c(F)c(F)cc(F)c1F. The Hall–Kier alpha value is -8.55. The van der Waals surface area contributed by atoms with Gasteiger partial charge in [0.1, 0.15) is 39.6 Å². The van der Waals surface area contributed by atoms with Gasteiger partial charge in [-0.1, -0.05) is 26.7 Å². The Morgan fingerprint density at radius 2 is 0.662 bits per heavy atom. The number of rotatable bonds is 65. The zero-order chi connectivity index (χ0) is 98.2. The summed E-state index contributed by atoms with van der Waals surface area (Å²) in [7, 11) is 0. The number of esters is 3. The van der Waals surface area contributed by atoms with E-state index < -0.39 is 108 Å². The molecular formula is C85H132F8N12O28S3.